The van der Waals surface area contributed by atoms with E-state index in [1.165, 1.54) is 12.1 Å². The maximum atomic E-state index is 13.9. The molecule has 0 aromatic heterocycles. The summed E-state index contributed by atoms with van der Waals surface area (Å²) in [7, 11) is 0. The van der Waals surface area contributed by atoms with Crippen molar-refractivity contribution in [3.05, 3.63) is 63.9 Å². The summed E-state index contributed by atoms with van der Waals surface area (Å²) in [5, 5.41) is 5.00. The minimum atomic E-state index is -1.26. The molecule has 2 aromatic rings. The molecule has 1 unspecified atom stereocenters. The minimum Gasteiger partial charge on any atom is -0.322 e. The Morgan fingerprint density at radius 1 is 1.22 bits per heavy atom. The molecule has 1 atom stereocenters. The first kappa shape index (κ1) is 19.0. The van der Waals surface area contributed by atoms with Gasteiger partial charge in [0.1, 0.15) is 17.9 Å². The fourth-order valence-electron chi connectivity index (χ4n) is 2.85. The molecule has 1 heterocycles. The van der Waals surface area contributed by atoms with E-state index in [0.29, 0.717) is 10.0 Å². The van der Waals surface area contributed by atoms with Crippen LogP contribution in [0.25, 0.3) is 0 Å². The second kappa shape index (κ2) is 7.11. The number of rotatable bonds is 4. The van der Waals surface area contributed by atoms with Crippen LogP contribution in [0.5, 0.6) is 0 Å². The highest BCUT2D eigenvalue weighted by Gasteiger charge is 2.49. The Hall–Kier alpha value is -2.74. The van der Waals surface area contributed by atoms with Gasteiger partial charge in [-0.15, -0.1) is 0 Å². The van der Waals surface area contributed by atoms with Crippen LogP contribution in [-0.2, 0) is 15.1 Å². The van der Waals surface area contributed by atoms with Crippen LogP contribution in [-0.4, -0.2) is 29.3 Å². The predicted octanol–water partition coefficient (Wildman–Crippen LogP) is 3.30. The van der Waals surface area contributed by atoms with Crippen molar-refractivity contribution in [1.82, 2.24) is 10.2 Å². The first-order valence-corrected chi connectivity index (χ1v) is 8.96. The summed E-state index contributed by atoms with van der Waals surface area (Å²) < 4.78 is 14.4. The predicted molar refractivity (Wildman–Crippen MR) is 102 cm³/mol. The molecule has 2 aromatic carbocycles. The average molecular weight is 434 g/mol. The average Bonchev–Trinajstić information content (AvgIpc) is 2.82. The summed E-state index contributed by atoms with van der Waals surface area (Å²) in [5.74, 6) is -1.84. The molecule has 1 aliphatic heterocycles. The molecular weight excluding hydrogens is 417 g/mol. The molecule has 1 fully saturated rings. The van der Waals surface area contributed by atoms with Gasteiger partial charge < -0.3 is 10.6 Å². The standard InChI is InChI=1S/C19H17BrFN3O3/c1-11-3-5-12(6-4-11)19(2)17(26)24(18(27)23-19)10-16(25)22-15-8-7-13(20)9-14(15)21/h3-9H,10H2,1-2H3,(H,22,25)(H,23,27). The summed E-state index contributed by atoms with van der Waals surface area (Å²) in [6, 6.07) is 10.7. The molecule has 2 N–H and O–H groups in total. The Balaban J connectivity index is 1.75. The minimum absolute atomic E-state index is 0.0310. The number of hydrogen-bond acceptors (Lipinski definition) is 3. The zero-order chi connectivity index (χ0) is 19.8. The maximum Gasteiger partial charge on any atom is 0.325 e. The number of anilines is 1. The summed E-state index contributed by atoms with van der Waals surface area (Å²) in [5.41, 5.74) is 0.352. The van der Waals surface area contributed by atoms with Crippen molar-refractivity contribution in [2.45, 2.75) is 19.4 Å². The molecule has 3 rings (SSSR count). The third-order valence-electron chi connectivity index (χ3n) is 4.41. The van der Waals surface area contributed by atoms with Crippen molar-refractivity contribution in [3.8, 4) is 0 Å². The van der Waals surface area contributed by atoms with Crippen LogP contribution in [0.1, 0.15) is 18.1 Å². The number of benzene rings is 2. The zero-order valence-electron chi connectivity index (χ0n) is 14.7. The van der Waals surface area contributed by atoms with E-state index >= 15 is 0 Å². The highest BCUT2D eigenvalue weighted by atomic mass is 79.9. The van der Waals surface area contributed by atoms with Gasteiger partial charge in [0, 0.05) is 4.47 Å². The number of imide groups is 1. The summed E-state index contributed by atoms with van der Waals surface area (Å²) in [6.45, 7) is 2.99. The lowest BCUT2D eigenvalue weighted by molar-refractivity contribution is -0.133. The first-order chi connectivity index (χ1) is 12.7. The highest BCUT2D eigenvalue weighted by molar-refractivity contribution is 9.10. The second-order valence-corrected chi connectivity index (χ2v) is 7.40. The number of carbonyl (C=O) groups excluding carboxylic acids is 3. The van der Waals surface area contributed by atoms with Crippen LogP contribution in [0.3, 0.4) is 0 Å². The number of aryl methyl sites for hydroxylation is 1. The van der Waals surface area contributed by atoms with Gasteiger partial charge in [-0.2, -0.15) is 0 Å². The van der Waals surface area contributed by atoms with Crippen LogP contribution in [0.15, 0.2) is 46.9 Å². The third kappa shape index (κ3) is 3.71. The number of hydrogen-bond donors (Lipinski definition) is 2. The van der Waals surface area contributed by atoms with Crippen LogP contribution < -0.4 is 10.6 Å². The van der Waals surface area contributed by atoms with Crippen molar-refractivity contribution in [1.29, 1.82) is 0 Å². The van der Waals surface area contributed by atoms with Crippen molar-refractivity contribution in [2.75, 3.05) is 11.9 Å². The van der Waals surface area contributed by atoms with Crippen molar-refractivity contribution in [2.24, 2.45) is 0 Å². The van der Waals surface area contributed by atoms with Crippen LogP contribution in [0, 0.1) is 12.7 Å². The molecule has 0 bridgehead atoms. The molecular formula is C19H17BrFN3O3. The molecule has 1 saturated heterocycles. The normalized spacial score (nSPS) is 19.2. The van der Waals surface area contributed by atoms with Gasteiger partial charge in [0.2, 0.25) is 5.91 Å². The number of halogens is 2. The van der Waals surface area contributed by atoms with E-state index < -0.39 is 35.7 Å². The van der Waals surface area contributed by atoms with Crippen LogP contribution >= 0.6 is 15.9 Å². The van der Waals surface area contributed by atoms with Gasteiger partial charge >= 0.3 is 6.03 Å². The quantitative estimate of drug-likeness (QED) is 0.725. The topological polar surface area (TPSA) is 78.5 Å². The molecule has 4 amide bonds. The van der Waals surface area contributed by atoms with Crippen LogP contribution in [0.2, 0.25) is 0 Å². The Morgan fingerprint density at radius 2 is 1.89 bits per heavy atom. The molecule has 8 heteroatoms. The summed E-state index contributed by atoms with van der Waals surface area (Å²) in [6.07, 6.45) is 0. The SMILES string of the molecule is Cc1ccc(C2(C)NC(=O)N(CC(=O)Nc3ccc(Br)cc3F)C2=O)cc1. The molecule has 6 nitrogen and oxygen atoms in total. The number of urea groups is 1. The van der Waals surface area contributed by atoms with Gasteiger partial charge in [-0.05, 0) is 37.6 Å². The van der Waals surface area contributed by atoms with Crippen molar-refractivity contribution in [3.63, 3.8) is 0 Å². The summed E-state index contributed by atoms with van der Waals surface area (Å²) in [4.78, 5) is 38.1. The Labute approximate surface area is 163 Å². The molecule has 27 heavy (non-hydrogen) atoms. The fourth-order valence-corrected chi connectivity index (χ4v) is 3.18. The van der Waals surface area contributed by atoms with Crippen molar-refractivity contribution >= 4 is 39.5 Å². The van der Waals surface area contributed by atoms with E-state index in [1.54, 1.807) is 25.1 Å². The van der Waals surface area contributed by atoms with E-state index in [-0.39, 0.29) is 5.69 Å². The van der Waals surface area contributed by atoms with Crippen LogP contribution in [0.4, 0.5) is 14.9 Å². The Bertz CT molecular complexity index is 932. The second-order valence-electron chi connectivity index (χ2n) is 6.48. The lowest BCUT2D eigenvalue weighted by Gasteiger charge is -2.22. The largest absolute Gasteiger partial charge is 0.325 e. The monoisotopic (exact) mass is 433 g/mol. The third-order valence-corrected chi connectivity index (χ3v) is 4.90. The smallest absolute Gasteiger partial charge is 0.322 e. The van der Waals surface area contributed by atoms with Gasteiger partial charge in [0.25, 0.3) is 5.91 Å². The molecule has 140 valence electrons. The molecule has 1 aliphatic rings. The van der Waals surface area contributed by atoms with Gasteiger partial charge in [0.15, 0.2) is 0 Å². The number of carbonyl (C=O) groups is 3. The Morgan fingerprint density at radius 3 is 2.52 bits per heavy atom. The molecule has 0 aliphatic carbocycles. The maximum absolute atomic E-state index is 13.9. The number of nitrogens with one attached hydrogen (secondary N) is 2. The molecule has 0 spiro atoms. The van der Waals surface area contributed by atoms with E-state index in [4.69, 9.17) is 0 Å². The lowest BCUT2D eigenvalue weighted by Crippen LogP contribution is -2.42. The molecule has 0 saturated carbocycles. The first-order valence-electron chi connectivity index (χ1n) is 8.17. The van der Waals surface area contributed by atoms with E-state index in [0.717, 1.165) is 10.5 Å². The van der Waals surface area contributed by atoms with Gasteiger partial charge in [-0.3, -0.25) is 14.5 Å². The lowest BCUT2D eigenvalue weighted by atomic mass is 9.91. The van der Waals surface area contributed by atoms with E-state index in [9.17, 15) is 18.8 Å². The highest BCUT2D eigenvalue weighted by Crippen LogP contribution is 2.29. The number of nitrogens with zero attached hydrogens (tertiary/aromatic N) is 1. The van der Waals surface area contributed by atoms with E-state index in [1.807, 2.05) is 19.1 Å². The molecule has 0 radical (unpaired) electrons. The fraction of sp³-hybridized carbons (Fsp3) is 0.211. The van der Waals surface area contributed by atoms with Gasteiger partial charge in [-0.1, -0.05) is 45.8 Å². The van der Waals surface area contributed by atoms with Crippen molar-refractivity contribution < 1.29 is 18.8 Å². The van der Waals surface area contributed by atoms with Gasteiger partial charge in [0.05, 0.1) is 5.69 Å². The van der Waals surface area contributed by atoms with E-state index in [2.05, 4.69) is 26.6 Å². The van der Waals surface area contributed by atoms with Gasteiger partial charge in [-0.25, -0.2) is 9.18 Å². The zero-order valence-corrected chi connectivity index (χ0v) is 16.3. The Kier molecular flexibility index (Phi) is 5.01. The summed E-state index contributed by atoms with van der Waals surface area (Å²) >= 11 is 3.13. The number of amides is 4.